The van der Waals surface area contributed by atoms with E-state index in [1.807, 2.05) is 0 Å². The minimum absolute atomic E-state index is 0.0913. The number of rotatable bonds is 6. The molecule has 1 heterocycles. The molecule has 1 amide bonds. The Morgan fingerprint density at radius 2 is 1.95 bits per heavy atom. The lowest BCUT2D eigenvalue weighted by molar-refractivity contribution is -0.158. The van der Waals surface area contributed by atoms with E-state index in [-0.39, 0.29) is 19.7 Å². The average molecular weight is 308 g/mol. The number of morpholine rings is 1. The molecule has 0 aromatic rings. The van der Waals surface area contributed by atoms with Crippen LogP contribution in [0.4, 0.5) is 0 Å². The van der Waals surface area contributed by atoms with E-state index >= 15 is 0 Å². The Kier molecular flexibility index (Phi) is 5.90. The molecule has 1 N–H and O–H groups in total. The van der Waals surface area contributed by atoms with Crippen molar-refractivity contribution in [2.45, 2.75) is 20.0 Å². The summed E-state index contributed by atoms with van der Waals surface area (Å²) in [6, 6.07) is 0. The van der Waals surface area contributed by atoms with E-state index in [4.69, 9.17) is 9.84 Å². The van der Waals surface area contributed by atoms with E-state index in [9.17, 15) is 18.0 Å². The first-order chi connectivity index (χ1) is 9.31. The third-order valence-corrected chi connectivity index (χ3v) is 5.01. The number of nitrogens with zero attached hydrogens (tertiary/aromatic N) is 2. The number of carboxylic acid groups (broad SMARTS) is 1. The Labute approximate surface area is 118 Å². The van der Waals surface area contributed by atoms with Crippen LogP contribution in [0, 0.1) is 0 Å². The Hall–Kier alpha value is -1.19. The number of carboxylic acids is 1. The quantitative estimate of drug-likeness (QED) is 0.673. The highest BCUT2D eigenvalue weighted by Gasteiger charge is 2.32. The van der Waals surface area contributed by atoms with Crippen molar-refractivity contribution in [3.63, 3.8) is 0 Å². The fraction of sp³-hybridized carbons (Fsp3) is 0.818. The largest absolute Gasteiger partial charge is 0.479 e. The van der Waals surface area contributed by atoms with Crippen LogP contribution in [0.1, 0.15) is 13.8 Å². The van der Waals surface area contributed by atoms with Gasteiger partial charge in [-0.15, -0.1) is 0 Å². The van der Waals surface area contributed by atoms with Crippen LogP contribution in [-0.4, -0.2) is 79.2 Å². The van der Waals surface area contributed by atoms with Crippen molar-refractivity contribution >= 4 is 21.9 Å². The fourth-order valence-electron chi connectivity index (χ4n) is 1.98. The molecule has 0 aliphatic carbocycles. The van der Waals surface area contributed by atoms with Gasteiger partial charge in [-0.3, -0.25) is 4.79 Å². The molecule has 1 atom stereocenters. The predicted octanol–water partition coefficient (Wildman–Crippen LogP) is -1.03. The molecule has 1 aliphatic heterocycles. The minimum Gasteiger partial charge on any atom is -0.479 e. The molecule has 20 heavy (non-hydrogen) atoms. The van der Waals surface area contributed by atoms with Gasteiger partial charge in [0.1, 0.15) is 5.75 Å². The topological polar surface area (TPSA) is 104 Å². The van der Waals surface area contributed by atoms with E-state index in [0.29, 0.717) is 13.1 Å². The van der Waals surface area contributed by atoms with Gasteiger partial charge >= 0.3 is 5.97 Å². The van der Waals surface area contributed by atoms with Crippen molar-refractivity contribution in [2.24, 2.45) is 0 Å². The Morgan fingerprint density at radius 1 is 1.35 bits per heavy atom. The van der Waals surface area contributed by atoms with Gasteiger partial charge in [0, 0.05) is 19.6 Å². The van der Waals surface area contributed by atoms with E-state index < -0.39 is 33.8 Å². The SMILES string of the molecule is CCN(CC)S(=O)(=O)CC(=O)N1CCOC(C(=O)O)C1. The summed E-state index contributed by atoms with van der Waals surface area (Å²) < 4.78 is 30.2. The molecule has 8 nitrogen and oxygen atoms in total. The van der Waals surface area contributed by atoms with Crippen LogP contribution in [0.15, 0.2) is 0 Å². The van der Waals surface area contributed by atoms with Gasteiger partial charge in [0.05, 0.1) is 13.2 Å². The summed E-state index contributed by atoms with van der Waals surface area (Å²) in [7, 11) is -3.65. The molecule has 0 aromatic carbocycles. The molecule has 116 valence electrons. The summed E-state index contributed by atoms with van der Waals surface area (Å²) >= 11 is 0. The number of carbonyl (C=O) groups is 2. The van der Waals surface area contributed by atoms with Crippen molar-refractivity contribution < 1.29 is 27.9 Å². The number of aliphatic carboxylic acids is 1. The van der Waals surface area contributed by atoms with Crippen LogP contribution in [0.25, 0.3) is 0 Å². The van der Waals surface area contributed by atoms with Gasteiger partial charge in [-0.05, 0) is 0 Å². The van der Waals surface area contributed by atoms with Gasteiger partial charge in [-0.2, -0.15) is 0 Å². The number of hydrogen-bond donors (Lipinski definition) is 1. The van der Waals surface area contributed by atoms with Crippen molar-refractivity contribution in [1.82, 2.24) is 9.21 Å². The van der Waals surface area contributed by atoms with Crippen LogP contribution >= 0.6 is 0 Å². The van der Waals surface area contributed by atoms with E-state index in [0.717, 1.165) is 0 Å². The Balaban J connectivity index is 2.69. The van der Waals surface area contributed by atoms with E-state index in [1.165, 1.54) is 9.21 Å². The number of sulfonamides is 1. The molecular formula is C11H20N2O6S. The van der Waals surface area contributed by atoms with Crippen LogP contribution < -0.4 is 0 Å². The van der Waals surface area contributed by atoms with Gasteiger partial charge in [0.2, 0.25) is 15.9 Å². The van der Waals surface area contributed by atoms with Crippen LogP contribution in [0.3, 0.4) is 0 Å². The van der Waals surface area contributed by atoms with Crippen LogP contribution in [-0.2, 0) is 24.3 Å². The predicted molar refractivity (Wildman–Crippen MR) is 70.7 cm³/mol. The average Bonchev–Trinajstić information content (AvgIpc) is 2.39. The Bertz CT molecular complexity index is 460. The second kappa shape index (κ2) is 7.00. The zero-order valence-electron chi connectivity index (χ0n) is 11.6. The maximum absolute atomic E-state index is 12.0. The minimum atomic E-state index is -3.65. The number of carbonyl (C=O) groups excluding carboxylic acids is 1. The molecule has 9 heteroatoms. The van der Waals surface area contributed by atoms with Gasteiger partial charge in [-0.25, -0.2) is 17.5 Å². The van der Waals surface area contributed by atoms with Crippen molar-refractivity contribution in [1.29, 1.82) is 0 Å². The summed E-state index contributed by atoms with van der Waals surface area (Å²) in [5.74, 6) is -2.39. The lowest BCUT2D eigenvalue weighted by Gasteiger charge is -2.31. The van der Waals surface area contributed by atoms with Crippen LogP contribution in [0.5, 0.6) is 0 Å². The van der Waals surface area contributed by atoms with Gasteiger partial charge < -0.3 is 14.7 Å². The molecule has 0 radical (unpaired) electrons. The molecule has 0 bridgehead atoms. The standard InChI is InChI=1S/C11H20N2O6S/c1-3-13(4-2)20(17,18)8-10(14)12-5-6-19-9(7-12)11(15)16/h9H,3-8H2,1-2H3,(H,15,16). The highest BCUT2D eigenvalue weighted by molar-refractivity contribution is 7.89. The first-order valence-electron chi connectivity index (χ1n) is 6.41. The van der Waals surface area contributed by atoms with Crippen molar-refractivity contribution in [3.05, 3.63) is 0 Å². The second-order valence-electron chi connectivity index (χ2n) is 4.38. The molecule has 1 saturated heterocycles. The van der Waals surface area contributed by atoms with Gasteiger partial charge in [0.25, 0.3) is 0 Å². The smallest absolute Gasteiger partial charge is 0.334 e. The molecule has 0 spiro atoms. The fourth-order valence-corrected chi connectivity index (χ4v) is 3.44. The third-order valence-electron chi connectivity index (χ3n) is 3.10. The molecule has 1 rings (SSSR count). The lowest BCUT2D eigenvalue weighted by Crippen LogP contribution is -2.51. The zero-order valence-corrected chi connectivity index (χ0v) is 12.4. The first kappa shape index (κ1) is 16.9. The summed E-state index contributed by atoms with van der Waals surface area (Å²) in [6.45, 7) is 4.16. The van der Waals surface area contributed by atoms with E-state index in [1.54, 1.807) is 13.8 Å². The maximum Gasteiger partial charge on any atom is 0.334 e. The maximum atomic E-state index is 12.0. The van der Waals surface area contributed by atoms with Gasteiger partial charge in [-0.1, -0.05) is 13.8 Å². The molecule has 0 aromatic heterocycles. The molecule has 1 unspecified atom stereocenters. The number of ether oxygens (including phenoxy) is 1. The molecule has 1 fully saturated rings. The van der Waals surface area contributed by atoms with Gasteiger partial charge in [0.15, 0.2) is 6.10 Å². The molecular weight excluding hydrogens is 288 g/mol. The lowest BCUT2D eigenvalue weighted by atomic mass is 10.3. The number of amides is 1. The van der Waals surface area contributed by atoms with E-state index in [2.05, 4.69) is 0 Å². The normalized spacial score (nSPS) is 20.1. The molecule has 1 aliphatic rings. The summed E-state index contributed by atoms with van der Waals surface area (Å²) in [4.78, 5) is 24.0. The first-order valence-corrected chi connectivity index (χ1v) is 8.02. The van der Waals surface area contributed by atoms with Crippen molar-refractivity contribution in [3.8, 4) is 0 Å². The monoisotopic (exact) mass is 308 g/mol. The zero-order chi connectivity index (χ0) is 15.3. The highest BCUT2D eigenvalue weighted by atomic mass is 32.2. The van der Waals surface area contributed by atoms with Crippen molar-refractivity contribution in [2.75, 3.05) is 38.5 Å². The third kappa shape index (κ3) is 4.15. The second-order valence-corrected chi connectivity index (χ2v) is 6.35. The summed E-state index contributed by atoms with van der Waals surface area (Å²) in [5.41, 5.74) is 0. The summed E-state index contributed by atoms with van der Waals surface area (Å²) in [6.07, 6.45) is -1.09. The van der Waals surface area contributed by atoms with Crippen LogP contribution in [0.2, 0.25) is 0 Å². The highest BCUT2D eigenvalue weighted by Crippen LogP contribution is 2.08. The summed E-state index contributed by atoms with van der Waals surface area (Å²) in [5, 5.41) is 8.85. The molecule has 0 saturated carbocycles. The number of hydrogen-bond acceptors (Lipinski definition) is 5. The Morgan fingerprint density at radius 3 is 2.45 bits per heavy atom.